The molecule has 1 aromatic rings. The maximum Gasteiger partial charge on any atom is 0.246 e. The van der Waals surface area contributed by atoms with Gasteiger partial charge in [0.1, 0.15) is 0 Å². The lowest BCUT2D eigenvalue weighted by atomic mass is 10.0. The van der Waals surface area contributed by atoms with Crippen molar-refractivity contribution in [3.63, 3.8) is 0 Å². The first-order valence-electron chi connectivity index (χ1n) is 5.70. The Labute approximate surface area is 102 Å². The molecule has 17 heavy (non-hydrogen) atoms. The number of carbonyl (C=O) groups is 1. The standard InChI is InChI=1S/C14H19NO2/c1-4-8-13(16)15(3)11(2)14(17)12-9-6-5-7-10-12/h4-11,14,17H,1-3H3/b8-4+/t11-,14+/m0/s1. The van der Waals surface area contributed by atoms with Gasteiger partial charge in [0, 0.05) is 7.05 Å². The van der Waals surface area contributed by atoms with Gasteiger partial charge in [0.15, 0.2) is 0 Å². The third kappa shape index (κ3) is 3.43. The molecular formula is C14H19NO2. The largest absolute Gasteiger partial charge is 0.386 e. The molecule has 3 nitrogen and oxygen atoms in total. The molecule has 0 bridgehead atoms. The van der Waals surface area contributed by atoms with Gasteiger partial charge in [-0.25, -0.2) is 0 Å². The Morgan fingerprint density at radius 3 is 2.47 bits per heavy atom. The molecule has 0 saturated carbocycles. The van der Waals surface area contributed by atoms with Crippen LogP contribution < -0.4 is 0 Å². The summed E-state index contributed by atoms with van der Waals surface area (Å²) in [5, 5.41) is 10.2. The van der Waals surface area contributed by atoms with Crippen molar-refractivity contribution in [2.75, 3.05) is 7.05 Å². The van der Waals surface area contributed by atoms with Crippen LogP contribution in [0.25, 0.3) is 0 Å². The van der Waals surface area contributed by atoms with Crippen LogP contribution >= 0.6 is 0 Å². The van der Waals surface area contributed by atoms with E-state index in [2.05, 4.69) is 0 Å². The first-order chi connectivity index (χ1) is 8.07. The number of amides is 1. The molecule has 1 N–H and O–H groups in total. The second-order valence-corrected chi connectivity index (χ2v) is 4.05. The lowest BCUT2D eigenvalue weighted by Crippen LogP contribution is -2.38. The Morgan fingerprint density at radius 1 is 1.35 bits per heavy atom. The van der Waals surface area contributed by atoms with E-state index in [0.29, 0.717) is 0 Å². The topological polar surface area (TPSA) is 40.5 Å². The minimum absolute atomic E-state index is 0.102. The summed E-state index contributed by atoms with van der Waals surface area (Å²) in [6.45, 7) is 3.63. The molecular weight excluding hydrogens is 214 g/mol. The molecule has 0 radical (unpaired) electrons. The molecule has 0 aliphatic rings. The van der Waals surface area contributed by atoms with Crippen LogP contribution in [-0.4, -0.2) is 29.0 Å². The smallest absolute Gasteiger partial charge is 0.246 e. The summed E-state index contributed by atoms with van der Waals surface area (Å²) in [4.78, 5) is 13.2. The maximum absolute atomic E-state index is 11.6. The van der Waals surface area contributed by atoms with Crippen molar-refractivity contribution in [3.05, 3.63) is 48.0 Å². The quantitative estimate of drug-likeness (QED) is 0.809. The molecule has 0 fully saturated rings. The van der Waals surface area contributed by atoms with E-state index in [1.807, 2.05) is 37.3 Å². The van der Waals surface area contributed by atoms with Gasteiger partial charge in [0.05, 0.1) is 12.1 Å². The Bertz CT molecular complexity index is 386. The van der Waals surface area contributed by atoms with Crippen LogP contribution in [0.5, 0.6) is 0 Å². The number of hydrogen-bond donors (Lipinski definition) is 1. The molecule has 0 aliphatic carbocycles. The fourth-order valence-electron chi connectivity index (χ4n) is 1.60. The van der Waals surface area contributed by atoms with E-state index >= 15 is 0 Å². The molecule has 0 heterocycles. The van der Waals surface area contributed by atoms with E-state index in [0.717, 1.165) is 5.56 Å². The van der Waals surface area contributed by atoms with Gasteiger partial charge in [0.25, 0.3) is 0 Å². The Kier molecular flexibility index (Phi) is 4.91. The zero-order chi connectivity index (χ0) is 12.8. The second-order valence-electron chi connectivity index (χ2n) is 4.05. The fraction of sp³-hybridized carbons (Fsp3) is 0.357. The van der Waals surface area contributed by atoms with Crippen molar-refractivity contribution >= 4 is 5.91 Å². The maximum atomic E-state index is 11.6. The van der Waals surface area contributed by atoms with Crippen molar-refractivity contribution < 1.29 is 9.90 Å². The molecule has 0 unspecified atom stereocenters. The third-order valence-corrected chi connectivity index (χ3v) is 2.87. The average molecular weight is 233 g/mol. The lowest BCUT2D eigenvalue weighted by molar-refractivity contribution is -0.128. The van der Waals surface area contributed by atoms with Gasteiger partial charge in [-0.2, -0.15) is 0 Å². The summed E-state index contributed by atoms with van der Waals surface area (Å²) in [5.41, 5.74) is 0.820. The van der Waals surface area contributed by atoms with Gasteiger partial charge < -0.3 is 10.0 Å². The summed E-state index contributed by atoms with van der Waals surface area (Å²) in [6.07, 6.45) is 2.52. The Balaban J connectivity index is 2.76. The van der Waals surface area contributed by atoms with Crippen LogP contribution in [0.15, 0.2) is 42.5 Å². The predicted octanol–water partition coefficient (Wildman–Crippen LogP) is 2.14. The van der Waals surface area contributed by atoms with Crippen molar-refractivity contribution in [3.8, 4) is 0 Å². The number of likely N-dealkylation sites (N-methyl/N-ethyl adjacent to an activating group) is 1. The second kappa shape index (κ2) is 6.21. The highest BCUT2D eigenvalue weighted by atomic mass is 16.3. The molecule has 0 aliphatic heterocycles. The molecule has 3 heteroatoms. The van der Waals surface area contributed by atoms with Crippen LogP contribution in [0.2, 0.25) is 0 Å². The van der Waals surface area contributed by atoms with E-state index < -0.39 is 6.10 Å². The number of rotatable bonds is 4. The van der Waals surface area contributed by atoms with Gasteiger partial charge in [-0.15, -0.1) is 0 Å². The van der Waals surface area contributed by atoms with Crippen molar-refractivity contribution in [1.82, 2.24) is 4.90 Å². The number of nitrogens with zero attached hydrogens (tertiary/aromatic N) is 1. The van der Waals surface area contributed by atoms with Crippen LogP contribution in [0.1, 0.15) is 25.5 Å². The van der Waals surface area contributed by atoms with Crippen LogP contribution in [0.4, 0.5) is 0 Å². The molecule has 0 saturated heterocycles. The zero-order valence-corrected chi connectivity index (χ0v) is 10.5. The minimum Gasteiger partial charge on any atom is -0.386 e. The van der Waals surface area contributed by atoms with E-state index in [1.165, 1.54) is 11.0 Å². The third-order valence-electron chi connectivity index (χ3n) is 2.87. The van der Waals surface area contributed by atoms with Crippen LogP contribution in [0, 0.1) is 0 Å². The van der Waals surface area contributed by atoms with Crippen molar-refractivity contribution in [2.24, 2.45) is 0 Å². The Hall–Kier alpha value is -1.61. The normalized spacial score (nSPS) is 14.6. The molecule has 1 rings (SSSR count). The van der Waals surface area contributed by atoms with Gasteiger partial charge in [-0.05, 0) is 25.5 Å². The summed E-state index contributed by atoms with van der Waals surface area (Å²) in [6, 6.07) is 9.10. The first-order valence-corrected chi connectivity index (χ1v) is 5.70. The fourth-order valence-corrected chi connectivity index (χ4v) is 1.60. The average Bonchev–Trinajstić information content (AvgIpc) is 2.37. The first kappa shape index (κ1) is 13.5. The lowest BCUT2D eigenvalue weighted by Gasteiger charge is -2.28. The summed E-state index contributed by atoms with van der Waals surface area (Å²) < 4.78 is 0. The molecule has 92 valence electrons. The van der Waals surface area contributed by atoms with Crippen LogP contribution in [-0.2, 0) is 4.79 Å². The summed E-state index contributed by atoms with van der Waals surface area (Å²) in [7, 11) is 1.69. The molecule has 0 aromatic heterocycles. The van der Waals surface area contributed by atoms with Gasteiger partial charge >= 0.3 is 0 Å². The predicted molar refractivity (Wildman–Crippen MR) is 68.4 cm³/mol. The highest BCUT2D eigenvalue weighted by molar-refractivity contribution is 5.87. The van der Waals surface area contributed by atoms with E-state index in [-0.39, 0.29) is 11.9 Å². The highest BCUT2D eigenvalue weighted by Crippen LogP contribution is 2.19. The van der Waals surface area contributed by atoms with Gasteiger partial charge in [0.2, 0.25) is 5.91 Å². The van der Waals surface area contributed by atoms with E-state index in [1.54, 1.807) is 20.0 Å². The Morgan fingerprint density at radius 2 is 1.94 bits per heavy atom. The van der Waals surface area contributed by atoms with Crippen molar-refractivity contribution in [1.29, 1.82) is 0 Å². The number of aliphatic hydroxyl groups excluding tert-OH is 1. The SMILES string of the molecule is C/C=C/C(=O)N(C)[C@@H](C)[C@@H](O)c1ccccc1. The number of carbonyl (C=O) groups excluding carboxylic acids is 1. The molecule has 2 atom stereocenters. The number of benzene rings is 1. The monoisotopic (exact) mass is 233 g/mol. The molecule has 0 spiro atoms. The van der Waals surface area contributed by atoms with E-state index in [9.17, 15) is 9.90 Å². The minimum atomic E-state index is -0.671. The van der Waals surface area contributed by atoms with Gasteiger partial charge in [-0.3, -0.25) is 4.79 Å². The van der Waals surface area contributed by atoms with Gasteiger partial charge in [-0.1, -0.05) is 36.4 Å². The number of allylic oxidation sites excluding steroid dienone is 1. The molecule has 1 amide bonds. The number of hydrogen-bond acceptors (Lipinski definition) is 2. The molecule has 1 aromatic carbocycles. The summed E-state index contributed by atoms with van der Waals surface area (Å²) in [5.74, 6) is -0.102. The van der Waals surface area contributed by atoms with Crippen molar-refractivity contribution in [2.45, 2.75) is 26.0 Å². The zero-order valence-electron chi connectivity index (χ0n) is 10.5. The number of aliphatic hydroxyl groups is 1. The van der Waals surface area contributed by atoms with E-state index in [4.69, 9.17) is 0 Å². The summed E-state index contributed by atoms with van der Waals surface area (Å²) >= 11 is 0. The van der Waals surface area contributed by atoms with Crippen LogP contribution in [0.3, 0.4) is 0 Å². The highest BCUT2D eigenvalue weighted by Gasteiger charge is 2.22.